The summed E-state index contributed by atoms with van der Waals surface area (Å²) in [7, 11) is -4.61. The van der Waals surface area contributed by atoms with Crippen LogP contribution in [0.25, 0.3) is 0 Å². The Morgan fingerprint density at radius 1 is 1.09 bits per heavy atom. The largest absolute Gasteiger partial charge is 0.486 e. The fraction of sp³-hybridized carbons (Fsp3) is 0.321. The first-order chi connectivity index (χ1) is 20.1. The van der Waals surface area contributed by atoms with E-state index in [0.717, 1.165) is 22.5 Å². The van der Waals surface area contributed by atoms with E-state index >= 15 is 0 Å². The number of nitrogens with one attached hydrogen (secondary N) is 2. The van der Waals surface area contributed by atoms with E-state index in [0.29, 0.717) is 11.6 Å². The van der Waals surface area contributed by atoms with Crippen molar-refractivity contribution in [3.63, 3.8) is 0 Å². The molecule has 0 radical (unpaired) electrons. The van der Waals surface area contributed by atoms with E-state index in [2.05, 4.69) is 15.8 Å². The minimum Gasteiger partial charge on any atom is -0.486 e. The van der Waals surface area contributed by atoms with E-state index in [9.17, 15) is 31.2 Å². The molecular weight excluding hydrogens is 593 g/mol. The van der Waals surface area contributed by atoms with Crippen molar-refractivity contribution in [2.45, 2.75) is 56.6 Å². The number of alkyl halides is 3. The minimum atomic E-state index is -4.78. The van der Waals surface area contributed by atoms with Crippen LogP contribution in [0.3, 0.4) is 0 Å². The molecular formula is C28H29F3N4O7S. The van der Waals surface area contributed by atoms with Gasteiger partial charge in [-0.2, -0.15) is 13.2 Å². The molecule has 3 aromatic rings. The lowest BCUT2D eigenvalue weighted by Crippen LogP contribution is -2.45. The fourth-order valence-corrected chi connectivity index (χ4v) is 5.58. The second-order valence-corrected chi connectivity index (χ2v) is 12.4. The smallest absolute Gasteiger partial charge is 0.416 e. The predicted molar refractivity (Wildman–Crippen MR) is 148 cm³/mol. The number of hydroxylamine groups is 1. The Kier molecular flexibility index (Phi) is 9.15. The number of amides is 2. The predicted octanol–water partition coefficient (Wildman–Crippen LogP) is 5.04. The van der Waals surface area contributed by atoms with Crippen molar-refractivity contribution in [2.24, 2.45) is 0 Å². The van der Waals surface area contributed by atoms with Crippen LogP contribution in [-0.4, -0.2) is 43.7 Å². The first kappa shape index (κ1) is 31.6. The number of hydrogen-bond acceptors (Lipinski definition) is 8. The number of carbonyl (C=O) groups is 2. The van der Waals surface area contributed by atoms with Gasteiger partial charge in [0.2, 0.25) is 5.91 Å². The van der Waals surface area contributed by atoms with Crippen LogP contribution in [-0.2, 0) is 37.2 Å². The number of fused-ring (bicyclic) bond motifs is 1. The van der Waals surface area contributed by atoms with Crippen LogP contribution in [0.4, 0.5) is 29.3 Å². The van der Waals surface area contributed by atoms with Gasteiger partial charge in [-0.1, -0.05) is 12.1 Å². The summed E-state index contributed by atoms with van der Waals surface area (Å²) in [5.41, 5.74) is 1.08. The van der Waals surface area contributed by atoms with Crippen molar-refractivity contribution < 1.29 is 45.5 Å². The van der Waals surface area contributed by atoms with Crippen molar-refractivity contribution in [2.75, 3.05) is 16.2 Å². The van der Waals surface area contributed by atoms with Crippen LogP contribution in [0.2, 0.25) is 0 Å². The Bertz CT molecular complexity index is 1580. The van der Waals surface area contributed by atoms with E-state index in [-0.39, 0.29) is 30.2 Å². The maximum Gasteiger partial charge on any atom is 0.416 e. The molecule has 4 rings (SSSR count). The topological polar surface area (TPSA) is 136 Å². The third-order valence-corrected chi connectivity index (χ3v) is 7.62. The van der Waals surface area contributed by atoms with E-state index in [1.165, 1.54) is 18.2 Å². The van der Waals surface area contributed by atoms with Crippen molar-refractivity contribution in [3.8, 4) is 5.75 Å². The van der Waals surface area contributed by atoms with E-state index in [4.69, 9.17) is 14.3 Å². The van der Waals surface area contributed by atoms with Gasteiger partial charge in [0, 0.05) is 18.1 Å². The Morgan fingerprint density at radius 2 is 1.86 bits per heavy atom. The summed E-state index contributed by atoms with van der Waals surface area (Å²) in [5.74, 6) is -0.609. The Balaban J connectivity index is 1.60. The SMILES string of the molecule is CC(C)(C)OC(=O)Nc1ccc2c(c1)N(S(=O)(=O)c1cccc(C(F)(F)F)c1)CC(CC(=O)NOCc1cccnc1)O2. The number of sulfonamides is 1. The summed E-state index contributed by atoms with van der Waals surface area (Å²) in [4.78, 5) is 33.4. The molecule has 1 aliphatic rings. The molecule has 230 valence electrons. The van der Waals surface area contributed by atoms with Crippen LogP contribution < -0.4 is 19.8 Å². The summed E-state index contributed by atoms with van der Waals surface area (Å²) < 4.78 is 79.7. The lowest BCUT2D eigenvalue weighted by molar-refractivity contribution is -0.138. The summed E-state index contributed by atoms with van der Waals surface area (Å²) in [6.45, 7) is 4.58. The number of hydrogen-bond donors (Lipinski definition) is 2. The van der Waals surface area contributed by atoms with Gasteiger partial charge in [-0.3, -0.25) is 24.2 Å². The molecule has 1 aromatic heterocycles. The number of carbonyl (C=O) groups excluding carboxylic acids is 2. The molecule has 0 bridgehead atoms. The monoisotopic (exact) mass is 622 g/mol. The average Bonchev–Trinajstić information content (AvgIpc) is 2.92. The Hall–Kier alpha value is -4.37. The second-order valence-electron chi connectivity index (χ2n) is 10.5. The van der Waals surface area contributed by atoms with Gasteiger partial charge in [-0.05, 0) is 68.8 Å². The van der Waals surface area contributed by atoms with Crippen LogP contribution in [0.15, 0.2) is 71.9 Å². The zero-order chi connectivity index (χ0) is 31.4. The maximum absolute atomic E-state index is 13.8. The van der Waals surface area contributed by atoms with Crippen LogP contribution in [0.1, 0.15) is 38.3 Å². The highest BCUT2D eigenvalue weighted by molar-refractivity contribution is 7.92. The van der Waals surface area contributed by atoms with E-state index in [1.54, 1.807) is 45.3 Å². The molecule has 11 nitrogen and oxygen atoms in total. The summed E-state index contributed by atoms with van der Waals surface area (Å²) in [6.07, 6.45) is -3.85. The zero-order valence-electron chi connectivity index (χ0n) is 23.3. The first-order valence-corrected chi connectivity index (χ1v) is 14.4. The number of aromatic nitrogens is 1. The molecule has 0 saturated carbocycles. The standard InChI is InChI=1S/C28H29F3N4O7S/c1-27(2,3)42-26(37)33-20-9-10-24-23(13-20)35(43(38,39)22-8-4-7-19(12-22)28(29,30)31)16-21(41-24)14-25(36)34-40-17-18-6-5-11-32-15-18/h4-13,15,21H,14,16-17H2,1-3H3,(H,33,37)(H,34,36). The van der Waals surface area contributed by atoms with Gasteiger partial charge in [-0.25, -0.2) is 18.7 Å². The highest BCUT2D eigenvalue weighted by atomic mass is 32.2. The molecule has 0 aliphatic carbocycles. The quantitative estimate of drug-likeness (QED) is 0.334. The molecule has 1 atom stereocenters. The number of benzene rings is 2. The third-order valence-electron chi connectivity index (χ3n) is 5.85. The molecule has 0 saturated heterocycles. The normalized spacial score (nSPS) is 15.2. The van der Waals surface area contributed by atoms with Gasteiger partial charge in [0.15, 0.2) is 0 Å². The minimum absolute atomic E-state index is 0.0191. The summed E-state index contributed by atoms with van der Waals surface area (Å²) >= 11 is 0. The Labute approximate surface area is 246 Å². The molecule has 1 unspecified atom stereocenters. The number of halogens is 3. The summed E-state index contributed by atoms with van der Waals surface area (Å²) in [5, 5.41) is 2.50. The molecule has 2 amide bonds. The van der Waals surface area contributed by atoms with Crippen LogP contribution in [0.5, 0.6) is 5.75 Å². The van der Waals surface area contributed by atoms with Crippen molar-refractivity contribution in [3.05, 3.63) is 78.1 Å². The number of anilines is 2. The van der Waals surface area contributed by atoms with Crippen molar-refractivity contribution in [1.29, 1.82) is 0 Å². The molecule has 2 aromatic carbocycles. The molecule has 15 heteroatoms. The summed E-state index contributed by atoms with van der Waals surface area (Å²) in [6, 6.07) is 10.8. The zero-order valence-corrected chi connectivity index (χ0v) is 24.2. The number of pyridine rings is 1. The van der Waals surface area contributed by atoms with Crippen molar-refractivity contribution in [1.82, 2.24) is 10.5 Å². The van der Waals surface area contributed by atoms with Gasteiger partial charge in [0.1, 0.15) is 24.1 Å². The van der Waals surface area contributed by atoms with Gasteiger partial charge in [0.05, 0.1) is 29.1 Å². The van der Waals surface area contributed by atoms with E-state index in [1.807, 2.05) is 0 Å². The van der Waals surface area contributed by atoms with Crippen LogP contribution in [0, 0.1) is 0 Å². The number of rotatable bonds is 8. The first-order valence-electron chi connectivity index (χ1n) is 12.9. The van der Waals surface area contributed by atoms with Gasteiger partial charge in [0.25, 0.3) is 10.0 Å². The maximum atomic E-state index is 13.8. The molecule has 2 N–H and O–H groups in total. The highest BCUT2D eigenvalue weighted by Crippen LogP contribution is 2.40. The lowest BCUT2D eigenvalue weighted by atomic mass is 10.1. The molecule has 1 aliphatic heterocycles. The molecule has 2 heterocycles. The second kappa shape index (κ2) is 12.5. The lowest BCUT2D eigenvalue weighted by Gasteiger charge is -2.35. The van der Waals surface area contributed by atoms with Gasteiger partial charge >= 0.3 is 12.3 Å². The fourth-order valence-electron chi connectivity index (χ4n) is 4.04. The average molecular weight is 623 g/mol. The van der Waals surface area contributed by atoms with Crippen molar-refractivity contribution >= 4 is 33.4 Å². The molecule has 43 heavy (non-hydrogen) atoms. The van der Waals surface area contributed by atoms with E-state index < -0.39 is 56.9 Å². The molecule has 0 spiro atoms. The molecule has 0 fully saturated rings. The third kappa shape index (κ3) is 8.35. The highest BCUT2D eigenvalue weighted by Gasteiger charge is 2.38. The Morgan fingerprint density at radius 3 is 2.53 bits per heavy atom. The number of ether oxygens (including phenoxy) is 2. The van der Waals surface area contributed by atoms with Crippen LogP contribution >= 0.6 is 0 Å². The van der Waals surface area contributed by atoms with Gasteiger partial charge in [-0.15, -0.1) is 0 Å². The van der Waals surface area contributed by atoms with Gasteiger partial charge < -0.3 is 9.47 Å². The number of nitrogens with zero attached hydrogens (tertiary/aromatic N) is 2.